The number of amides is 1. The van der Waals surface area contributed by atoms with Crippen molar-refractivity contribution in [1.82, 2.24) is 4.98 Å². The van der Waals surface area contributed by atoms with Gasteiger partial charge in [0.05, 0.1) is 11.9 Å². The minimum atomic E-state index is -0.0384. The van der Waals surface area contributed by atoms with E-state index in [-0.39, 0.29) is 11.9 Å². The number of halogens is 1. The van der Waals surface area contributed by atoms with Crippen molar-refractivity contribution < 1.29 is 4.79 Å². The van der Waals surface area contributed by atoms with Gasteiger partial charge in [-0.3, -0.25) is 4.79 Å². The number of hydrogen-bond donors (Lipinski definition) is 2. The minimum absolute atomic E-state index is 0.00316. The quantitative estimate of drug-likeness (QED) is 0.830. The highest BCUT2D eigenvalue weighted by atomic mass is 79.9. The molecule has 0 radical (unpaired) electrons. The molecule has 2 rings (SSSR count). The number of rotatable bonds is 4. The average Bonchev–Trinajstić information content (AvgIpc) is 3.04. The Morgan fingerprint density at radius 2 is 2.38 bits per heavy atom. The summed E-state index contributed by atoms with van der Waals surface area (Å²) in [6.45, 7) is 0. The lowest BCUT2D eigenvalue weighted by atomic mass is 10.1. The summed E-state index contributed by atoms with van der Waals surface area (Å²) in [5.74, 6) is 0.511. The molecule has 1 unspecified atom stereocenters. The Kier molecular flexibility index (Phi) is 3.56. The summed E-state index contributed by atoms with van der Waals surface area (Å²) >= 11 is 3.24. The highest BCUT2D eigenvalue weighted by Crippen LogP contribution is 2.32. The van der Waals surface area contributed by atoms with Crippen LogP contribution in [0.1, 0.15) is 19.3 Å². The second kappa shape index (κ2) is 4.93. The van der Waals surface area contributed by atoms with Gasteiger partial charge in [-0.05, 0) is 46.8 Å². The number of carbonyl (C=O) groups is 1. The molecular formula is C11H14BrN3O. The molecule has 86 valence electrons. The number of nitrogens with two attached hydrogens (primary N) is 1. The molecule has 1 aromatic rings. The van der Waals surface area contributed by atoms with E-state index in [1.165, 1.54) is 0 Å². The fourth-order valence-electron chi connectivity index (χ4n) is 1.57. The molecule has 0 aliphatic heterocycles. The zero-order valence-electron chi connectivity index (χ0n) is 8.82. The van der Waals surface area contributed by atoms with Crippen LogP contribution in [0.4, 0.5) is 5.69 Å². The standard InChI is InChI=1S/C11H14BrN3O/c12-10-4-3-8(6-14-10)15-11(16)5-9(13)7-1-2-7/h3-4,6-7,9H,1-2,5,13H2,(H,15,16). The molecule has 1 amide bonds. The van der Waals surface area contributed by atoms with E-state index in [4.69, 9.17) is 5.73 Å². The van der Waals surface area contributed by atoms with Gasteiger partial charge in [-0.2, -0.15) is 0 Å². The van der Waals surface area contributed by atoms with Crippen LogP contribution in [0.3, 0.4) is 0 Å². The van der Waals surface area contributed by atoms with Crippen molar-refractivity contribution in [2.75, 3.05) is 5.32 Å². The van der Waals surface area contributed by atoms with Crippen LogP contribution in [0.2, 0.25) is 0 Å². The fourth-order valence-corrected chi connectivity index (χ4v) is 1.80. The van der Waals surface area contributed by atoms with Crippen LogP contribution >= 0.6 is 15.9 Å². The van der Waals surface area contributed by atoms with E-state index in [2.05, 4.69) is 26.2 Å². The van der Waals surface area contributed by atoms with Crippen molar-refractivity contribution in [3.8, 4) is 0 Å². The average molecular weight is 284 g/mol. The maximum atomic E-state index is 11.6. The molecule has 1 aromatic heterocycles. The van der Waals surface area contributed by atoms with Crippen LogP contribution < -0.4 is 11.1 Å². The molecule has 0 spiro atoms. The third kappa shape index (κ3) is 3.28. The summed E-state index contributed by atoms with van der Waals surface area (Å²) in [6, 6.07) is 3.59. The molecule has 1 aliphatic carbocycles. The Morgan fingerprint density at radius 3 is 2.94 bits per heavy atom. The summed E-state index contributed by atoms with van der Waals surface area (Å²) in [5, 5.41) is 2.78. The lowest BCUT2D eigenvalue weighted by molar-refractivity contribution is -0.116. The summed E-state index contributed by atoms with van der Waals surface area (Å²) < 4.78 is 0.750. The molecule has 16 heavy (non-hydrogen) atoms. The molecule has 0 bridgehead atoms. The van der Waals surface area contributed by atoms with Crippen molar-refractivity contribution >= 4 is 27.5 Å². The second-order valence-corrected chi connectivity index (χ2v) is 4.94. The van der Waals surface area contributed by atoms with Crippen LogP contribution in [0.15, 0.2) is 22.9 Å². The first-order chi connectivity index (χ1) is 7.65. The first kappa shape index (κ1) is 11.5. The molecule has 1 atom stereocenters. The SMILES string of the molecule is NC(CC(=O)Nc1ccc(Br)nc1)C1CC1. The van der Waals surface area contributed by atoms with Gasteiger partial charge in [0.25, 0.3) is 0 Å². The van der Waals surface area contributed by atoms with Gasteiger partial charge < -0.3 is 11.1 Å². The summed E-state index contributed by atoms with van der Waals surface area (Å²) in [7, 11) is 0. The highest BCUT2D eigenvalue weighted by Gasteiger charge is 2.29. The van der Waals surface area contributed by atoms with Crippen molar-refractivity contribution in [1.29, 1.82) is 0 Å². The van der Waals surface area contributed by atoms with Crippen LogP contribution in [-0.4, -0.2) is 16.9 Å². The van der Waals surface area contributed by atoms with Gasteiger partial charge in [0.15, 0.2) is 0 Å². The Balaban J connectivity index is 1.84. The second-order valence-electron chi connectivity index (χ2n) is 4.12. The normalized spacial score (nSPS) is 16.9. The van der Waals surface area contributed by atoms with Gasteiger partial charge in [-0.25, -0.2) is 4.98 Å². The fraction of sp³-hybridized carbons (Fsp3) is 0.455. The predicted octanol–water partition coefficient (Wildman–Crippen LogP) is 1.91. The largest absolute Gasteiger partial charge is 0.327 e. The molecule has 4 nitrogen and oxygen atoms in total. The Morgan fingerprint density at radius 1 is 1.62 bits per heavy atom. The third-order valence-corrected chi connectivity index (χ3v) is 3.13. The molecule has 5 heteroatoms. The molecular weight excluding hydrogens is 270 g/mol. The van der Waals surface area contributed by atoms with Gasteiger partial charge in [0.1, 0.15) is 4.60 Å². The van der Waals surface area contributed by atoms with Gasteiger partial charge in [-0.1, -0.05) is 0 Å². The zero-order valence-corrected chi connectivity index (χ0v) is 10.4. The summed E-state index contributed by atoms with van der Waals surface area (Å²) in [5.41, 5.74) is 6.58. The molecule has 1 fully saturated rings. The van der Waals surface area contributed by atoms with Crippen molar-refractivity contribution in [3.05, 3.63) is 22.9 Å². The maximum Gasteiger partial charge on any atom is 0.225 e. The number of hydrogen-bond acceptors (Lipinski definition) is 3. The monoisotopic (exact) mass is 283 g/mol. The summed E-state index contributed by atoms with van der Waals surface area (Å²) in [6.07, 6.45) is 4.33. The molecule has 0 saturated heterocycles. The number of carbonyl (C=O) groups excluding carboxylic acids is 1. The van der Waals surface area contributed by atoms with E-state index in [9.17, 15) is 4.79 Å². The van der Waals surface area contributed by atoms with Crippen molar-refractivity contribution in [2.45, 2.75) is 25.3 Å². The Labute approximate surface area is 103 Å². The summed E-state index contributed by atoms with van der Waals surface area (Å²) in [4.78, 5) is 15.6. The maximum absolute atomic E-state index is 11.6. The van der Waals surface area contributed by atoms with Crippen LogP contribution in [-0.2, 0) is 4.79 Å². The first-order valence-corrected chi connectivity index (χ1v) is 6.11. The topological polar surface area (TPSA) is 68.0 Å². The smallest absolute Gasteiger partial charge is 0.225 e. The molecule has 1 aliphatic rings. The lowest BCUT2D eigenvalue weighted by Crippen LogP contribution is -2.28. The van der Waals surface area contributed by atoms with E-state index < -0.39 is 0 Å². The Hall–Kier alpha value is -0.940. The molecule has 3 N–H and O–H groups in total. The van der Waals surface area contributed by atoms with E-state index in [1.807, 2.05) is 0 Å². The number of nitrogens with zero attached hydrogens (tertiary/aromatic N) is 1. The molecule has 0 aromatic carbocycles. The predicted molar refractivity (Wildman–Crippen MR) is 65.9 cm³/mol. The van der Waals surface area contributed by atoms with Gasteiger partial charge in [0, 0.05) is 12.5 Å². The number of aromatic nitrogens is 1. The van der Waals surface area contributed by atoms with E-state index >= 15 is 0 Å². The first-order valence-electron chi connectivity index (χ1n) is 5.32. The van der Waals surface area contributed by atoms with Crippen molar-refractivity contribution in [3.63, 3.8) is 0 Å². The van der Waals surface area contributed by atoms with Crippen LogP contribution in [0.5, 0.6) is 0 Å². The van der Waals surface area contributed by atoms with Crippen LogP contribution in [0.25, 0.3) is 0 Å². The number of pyridine rings is 1. The Bertz CT molecular complexity index is 375. The third-order valence-electron chi connectivity index (χ3n) is 2.66. The van der Waals surface area contributed by atoms with Crippen LogP contribution in [0, 0.1) is 5.92 Å². The molecule has 1 heterocycles. The highest BCUT2D eigenvalue weighted by molar-refractivity contribution is 9.10. The van der Waals surface area contributed by atoms with E-state index in [0.29, 0.717) is 18.0 Å². The van der Waals surface area contributed by atoms with Gasteiger partial charge in [-0.15, -0.1) is 0 Å². The zero-order chi connectivity index (χ0) is 11.5. The lowest BCUT2D eigenvalue weighted by Gasteiger charge is -2.10. The molecule has 1 saturated carbocycles. The van der Waals surface area contributed by atoms with E-state index in [1.54, 1.807) is 18.3 Å². The van der Waals surface area contributed by atoms with Gasteiger partial charge in [0.2, 0.25) is 5.91 Å². The van der Waals surface area contributed by atoms with Gasteiger partial charge >= 0.3 is 0 Å². The van der Waals surface area contributed by atoms with Crippen molar-refractivity contribution in [2.24, 2.45) is 11.7 Å². The number of anilines is 1. The van der Waals surface area contributed by atoms with E-state index in [0.717, 1.165) is 17.4 Å². The number of nitrogens with one attached hydrogen (secondary N) is 1. The minimum Gasteiger partial charge on any atom is -0.327 e.